The highest BCUT2D eigenvalue weighted by atomic mass is 15.3. The highest BCUT2D eigenvalue weighted by molar-refractivity contribution is 5.29. The van der Waals surface area contributed by atoms with Crippen molar-refractivity contribution in [3.05, 3.63) is 30.6 Å². The first kappa shape index (κ1) is 11.5. The Kier molecular flexibility index (Phi) is 3.15. The molecule has 0 aromatic carbocycles. The van der Waals surface area contributed by atoms with Gasteiger partial charge in [-0.3, -0.25) is 9.25 Å². The number of imidazole rings is 1. The van der Waals surface area contributed by atoms with Crippen LogP contribution in [0.3, 0.4) is 0 Å². The van der Waals surface area contributed by atoms with Gasteiger partial charge in [-0.1, -0.05) is 6.42 Å². The summed E-state index contributed by atoms with van der Waals surface area (Å²) in [6, 6.07) is 0.422. The maximum Gasteiger partial charge on any atom is 0.0995 e. The van der Waals surface area contributed by atoms with E-state index in [2.05, 4.69) is 33.1 Å². The summed E-state index contributed by atoms with van der Waals surface area (Å²) in [4.78, 5) is 4.29. The Bertz CT molecular complexity index is 507. The van der Waals surface area contributed by atoms with Crippen molar-refractivity contribution in [1.82, 2.24) is 24.6 Å². The van der Waals surface area contributed by atoms with Crippen molar-refractivity contribution in [2.24, 2.45) is 0 Å². The zero-order valence-corrected chi connectivity index (χ0v) is 10.7. The van der Waals surface area contributed by atoms with E-state index in [1.807, 2.05) is 23.4 Å². The van der Waals surface area contributed by atoms with Gasteiger partial charge in [0.25, 0.3) is 0 Å². The molecule has 0 saturated carbocycles. The third-order valence-corrected chi connectivity index (χ3v) is 3.56. The van der Waals surface area contributed by atoms with Crippen molar-refractivity contribution >= 4 is 0 Å². The number of rotatable bonds is 3. The first-order chi connectivity index (χ1) is 8.88. The second-order valence-corrected chi connectivity index (χ2v) is 4.75. The van der Waals surface area contributed by atoms with Gasteiger partial charge in [0, 0.05) is 18.8 Å². The molecule has 1 fully saturated rings. The van der Waals surface area contributed by atoms with Crippen LogP contribution in [0, 0.1) is 0 Å². The molecule has 1 aliphatic heterocycles. The maximum atomic E-state index is 4.32. The van der Waals surface area contributed by atoms with Crippen molar-refractivity contribution in [2.75, 3.05) is 6.54 Å². The van der Waals surface area contributed by atoms with Crippen LogP contribution in [0.2, 0.25) is 0 Å². The van der Waals surface area contributed by atoms with Crippen molar-refractivity contribution in [3.8, 4) is 5.69 Å². The van der Waals surface area contributed by atoms with E-state index in [0.717, 1.165) is 18.8 Å². The highest BCUT2D eigenvalue weighted by Crippen LogP contribution is 2.24. The van der Waals surface area contributed by atoms with E-state index in [9.17, 15) is 0 Å². The molecule has 0 aliphatic carbocycles. The summed E-state index contributed by atoms with van der Waals surface area (Å²) in [6.45, 7) is 4.09. The fourth-order valence-electron chi connectivity index (χ4n) is 2.53. The minimum atomic E-state index is 0.422. The molecule has 3 rings (SSSR count). The molecular weight excluding hydrogens is 226 g/mol. The summed E-state index contributed by atoms with van der Waals surface area (Å²) in [5.74, 6) is 0. The van der Waals surface area contributed by atoms with Crippen LogP contribution in [-0.4, -0.2) is 25.9 Å². The summed E-state index contributed by atoms with van der Waals surface area (Å²) >= 11 is 0. The van der Waals surface area contributed by atoms with Gasteiger partial charge in [0.1, 0.15) is 0 Å². The maximum absolute atomic E-state index is 4.32. The standard InChI is InChI=1S/C13H19N5/c1-2-17-9-11(7-16-17)18-10-14-8-13(18)12-5-3-4-6-15-12/h7-10,12,15H,2-6H2,1H3. The Morgan fingerprint density at radius 3 is 3.06 bits per heavy atom. The lowest BCUT2D eigenvalue weighted by Gasteiger charge is -2.24. The molecule has 2 aromatic heterocycles. The Labute approximate surface area is 107 Å². The molecule has 0 amide bonds. The molecule has 1 N–H and O–H groups in total. The molecule has 1 saturated heterocycles. The van der Waals surface area contributed by atoms with Crippen LogP contribution in [0.1, 0.15) is 37.9 Å². The first-order valence-electron chi connectivity index (χ1n) is 6.67. The van der Waals surface area contributed by atoms with Crippen LogP contribution in [-0.2, 0) is 6.54 Å². The summed E-state index contributed by atoms with van der Waals surface area (Å²) < 4.78 is 4.08. The molecule has 1 unspecified atom stereocenters. The molecular formula is C13H19N5. The van der Waals surface area contributed by atoms with Gasteiger partial charge in [-0.2, -0.15) is 5.10 Å². The molecule has 18 heavy (non-hydrogen) atoms. The van der Waals surface area contributed by atoms with Gasteiger partial charge in [0.2, 0.25) is 0 Å². The van der Waals surface area contributed by atoms with Crippen molar-refractivity contribution in [3.63, 3.8) is 0 Å². The van der Waals surface area contributed by atoms with Crippen LogP contribution in [0.15, 0.2) is 24.9 Å². The lowest BCUT2D eigenvalue weighted by atomic mass is 10.0. The van der Waals surface area contributed by atoms with Crippen LogP contribution >= 0.6 is 0 Å². The van der Waals surface area contributed by atoms with Crippen molar-refractivity contribution < 1.29 is 0 Å². The smallest absolute Gasteiger partial charge is 0.0995 e. The average molecular weight is 245 g/mol. The summed E-state index contributed by atoms with van der Waals surface area (Å²) in [6.07, 6.45) is 11.6. The minimum Gasteiger partial charge on any atom is -0.309 e. The van der Waals surface area contributed by atoms with Gasteiger partial charge in [-0.25, -0.2) is 4.98 Å². The fourth-order valence-corrected chi connectivity index (χ4v) is 2.53. The lowest BCUT2D eigenvalue weighted by molar-refractivity contribution is 0.402. The van der Waals surface area contributed by atoms with Gasteiger partial charge in [0.05, 0.1) is 30.1 Å². The van der Waals surface area contributed by atoms with Gasteiger partial charge in [-0.15, -0.1) is 0 Å². The van der Waals surface area contributed by atoms with E-state index in [-0.39, 0.29) is 0 Å². The SMILES string of the molecule is CCn1cc(-n2cncc2C2CCCCN2)cn1. The van der Waals surface area contributed by atoms with Crippen LogP contribution in [0.5, 0.6) is 0 Å². The van der Waals surface area contributed by atoms with E-state index in [0.29, 0.717) is 6.04 Å². The minimum absolute atomic E-state index is 0.422. The zero-order valence-electron chi connectivity index (χ0n) is 10.7. The summed E-state index contributed by atoms with van der Waals surface area (Å²) in [7, 11) is 0. The van der Waals surface area contributed by atoms with E-state index < -0.39 is 0 Å². The predicted molar refractivity (Wildman–Crippen MR) is 69.6 cm³/mol. The third-order valence-electron chi connectivity index (χ3n) is 3.56. The number of nitrogens with zero attached hydrogens (tertiary/aromatic N) is 4. The summed E-state index contributed by atoms with van der Waals surface area (Å²) in [5, 5.41) is 7.89. The second kappa shape index (κ2) is 4.94. The first-order valence-corrected chi connectivity index (χ1v) is 6.67. The average Bonchev–Trinajstić information content (AvgIpc) is 3.08. The summed E-state index contributed by atoms with van der Waals surface area (Å²) in [5.41, 5.74) is 2.34. The number of aromatic nitrogens is 4. The van der Waals surface area contributed by atoms with Gasteiger partial charge in [0.15, 0.2) is 0 Å². The molecule has 1 aliphatic rings. The highest BCUT2D eigenvalue weighted by Gasteiger charge is 2.19. The molecule has 3 heterocycles. The molecule has 5 nitrogen and oxygen atoms in total. The fraction of sp³-hybridized carbons (Fsp3) is 0.538. The number of aryl methyl sites for hydroxylation is 1. The Morgan fingerprint density at radius 2 is 2.33 bits per heavy atom. The monoisotopic (exact) mass is 245 g/mol. The zero-order chi connectivity index (χ0) is 12.4. The van der Waals surface area contributed by atoms with E-state index >= 15 is 0 Å². The molecule has 0 radical (unpaired) electrons. The molecule has 5 heteroatoms. The number of nitrogens with one attached hydrogen (secondary N) is 1. The number of hydrogen-bond acceptors (Lipinski definition) is 3. The topological polar surface area (TPSA) is 47.7 Å². The largest absolute Gasteiger partial charge is 0.309 e. The van der Waals surface area contributed by atoms with Gasteiger partial charge >= 0.3 is 0 Å². The molecule has 0 bridgehead atoms. The van der Waals surface area contributed by atoms with Crippen molar-refractivity contribution in [1.29, 1.82) is 0 Å². The molecule has 96 valence electrons. The number of hydrogen-bond donors (Lipinski definition) is 1. The number of piperidine rings is 1. The van der Waals surface area contributed by atoms with E-state index in [1.54, 1.807) is 0 Å². The van der Waals surface area contributed by atoms with Gasteiger partial charge < -0.3 is 5.32 Å². The van der Waals surface area contributed by atoms with Crippen LogP contribution < -0.4 is 5.32 Å². The van der Waals surface area contributed by atoms with Gasteiger partial charge in [-0.05, 0) is 26.3 Å². The normalized spacial score (nSPS) is 20.2. The quantitative estimate of drug-likeness (QED) is 0.898. The Morgan fingerprint density at radius 1 is 1.39 bits per heavy atom. The predicted octanol–water partition coefficient (Wildman–Crippen LogP) is 1.90. The lowest BCUT2D eigenvalue weighted by Crippen LogP contribution is -2.28. The Balaban J connectivity index is 1.90. The van der Waals surface area contributed by atoms with Crippen molar-refractivity contribution in [2.45, 2.75) is 38.8 Å². The van der Waals surface area contributed by atoms with E-state index in [1.165, 1.54) is 25.0 Å². The van der Waals surface area contributed by atoms with E-state index in [4.69, 9.17) is 0 Å². The van der Waals surface area contributed by atoms with Crippen LogP contribution in [0.25, 0.3) is 5.69 Å². The third kappa shape index (κ3) is 2.06. The molecule has 0 spiro atoms. The molecule has 2 aromatic rings. The molecule has 1 atom stereocenters. The Hall–Kier alpha value is -1.62. The van der Waals surface area contributed by atoms with Crippen LogP contribution in [0.4, 0.5) is 0 Å². The second-order valence-electron chi connectivity index (χ2n) is 4.75.